The fourth-order valence-electron chi connectivity index (χ4n) is 3.86. The van der Waals surface area contributed by atoms with Crippen molar-refractivity contribution in [1.29, 1.82) is 0 Å². The van der Waals surface area contributed by atoms with Gasteiger partial charge in [0.1, 0.15) is 17.5 Å². The smallest absolute Gasteiger partial charge is 0.146 e. The highest BCUT2D eigenvalue weighted by Crippen LogP contribution is 2.46. The number of nitrogens with zero attached hydrogens (tertiary/aromatic N) is 1. The minimum atomic E-state index is -0.984. The molecule has 1 aliphatic heterocycles. The number of hydrogen-bond acceptors (Lipinski definition) is 3. The quantitative estimate of drug-likeness (QED) is 0.852. The van der Waals surface area contributed by atoms with Crippen molar-refractivity contribution < 1.29 is 18.3 Å². The fraction of sp³-hybridized carbons (Fsp3) is 0.400. The maximum atomic E-state index is 14.7. The number of hydrogen-bond donors (Lipinski definition) is 2. The van der Waals surface area contributed by atoms with Crippen LogP contribution in [0.15, 0.2) is 36.4 Å². The van der Waals surface area contributed by atoms with E-state index in [1.807, 2.05) is 19.9 Å². The largest absolute Gasteiger partial charge is 0.389 e. The summed E-state index contributed by atoms with van der Waals surface area (Å²) in [5, 5.41) is 13.6. The van der Waals surface area contributed by atoms with Crippen molar-refractivity contribution in [2.45, 2.75) is 31.4 Å². The normalized spacial score (nSPS) is 17.9. The van der Waals surface area contributed by atoms with Gasteiger partial charge in [-0.2, -0.15) is 0 Å². The SMILES string of the molecule is CNCC(O)C(c1cc(F)cc(F)c1)N1CC(C)(C)c2cccc(F)c21. The summed E-state index contributed by atoms with van der Waals surface area (Å²) in [7, 11) is 1.68. The zero-order valence-electron chi connectivity index (χ0n) is 15.1. The van der Waals surface area contributed by atoms with E-state index in [1.54, 1.807) is 18.0 Å². The monoisotopic (exact) mass is 364 g/mol. The second-order valence-corrected chi connectivity index (χ2v) is 7.42. The van der Waals surface area contributed by atoms with E-state index in [0.29, 0.717) is 12.2 Å². The molecule has 0 spiro atoms. The van der Waals surface area contributed by atoms with Gasteiger partial charge in [0.2, 0.25) is 0 Å². The van der Waals surface area contributed by atoms with Gasteiger partial charge < -0.3 is 15.3 Å². The summed E-state index contributed by atoms with van der Waals surface area (Å²) in [6.07, 6.45) is -0.984. The molecule has 1 aliphatic rings. The van der Waals surface area contributed by atoms with Gasteiger partial charge in [-0.05, 0) is 36.4 Å². The van der Waals surface area contributed by atoms with Gasteiger partial charge in [-0.1, -0.05) is 26.0 Å². The first kappa shape index (κ1) is 18.7. The fourth-order valence-corrected chi connectivity index (χ4v) is 3.86. The van der Waals surface area contributed by atoms with Crippen LogP contribution in [0.3, 0.4) is 0 Å². The molecule has 0 aliphatic carbocycles. The number of fused-ring (bicyclic) bond motifs is 1. The molecule has 2 aromatic rings. The Balaban J connectivity index is 2.15. The van der Waals surface area contributed by atoms with Gasteiger partial charge in [-0.15, -0.1) is 0 Å². The minimum Gasteiger partial charge on any atom is -0.389 e. The Labute approximate surface area is 151 Å². The lowest BCUT2D eigenvalue weighted by Gasteiger charge is -2.35. The molecule has 2 unspecified atom stereocenters. The molecule has 3 rings (SSSR count). The molecule has 140 valence electrons. The molecule has 0 amide bonds. The van der Waals surface area contributed by atoms with E-state index in [9.17, 15) is 18.3 Å². The number of benzene rings is 2. The number of anilines is 1. The van der Waals surface area contributed by atoms with Gasteiger partial charge in [-0.3, -0.25) is 0 Å². The van der Waals surface area contributed by atoms with Crippen molar-refractivity contribution in [3.05, 3.63) is 65.0 Å². The summed E-state index contributed by atoms with van der Waals surface area (Å²) in [6.45, 7) is 4.59. The molecule has 0 fully saturated rings. The minimum absolute atomic E-state index is 0.198. The first-order chi connectivity index (χ1) is 12.2. The van der Waals surface area contributed by atoms with Crippen LogP contribution >= 0.6 is 0 Å². The van der Waals surface area contributed by atoms with Crippen LogP contribution in [0.25, 0.3) is 0 Å². The first-order valence-corrected chi connectivity index (χ1v) is 8.59. The van der Waals surface area contributed by atoms with Crippen molar-refractivity contribution in [2.24, 2.45) is 0 Å². The van der Waals surface area contributed by atoms with Gasteiger partial charge >= 0.3 is 0 Å². The highest BCUT2D eigenvalue weighted by Gasteiger charge is 2.42. The van der Waals surface area contributed by atoms with E-state index in [1.165, 1.54) is 18.2 Å². The third kappa shape index (κ3) is 3.31. The Kier molecular flexibility index (Phi) is 4.99. The summed E-state index contributed by atoms with van der Waals surface area (Å²) in [4.78, 5) is 1.72. The summed E-state index contributed by atoms with van der Waals surface area (Å²) in [5.41, 5.74) is 1.11. The third-order valence-electron chi connectivity index (χ3n) is 4.91. The summed E-state index contributed by atoms with van der Waals surface area (Å²) in [6, 6.07) is 7.25. The molecule has 26 heavy (non-hydrogen) atoms. The Morgan fingerprint density at radius 1 is 1.15 bits per heavy atom. The molecular formula is C20H23F3N2O. The number of para-hydroxylation sites is 1. The Hall–Kier alpha value is -2.05. The summed E-state index contributed by atoms with van der Waals surface area (Å²) < 4.78 is 42.3. The molecule has 2 N–H and O–H groups in total. The molecule has 0 saturated carbocycles. The summed E-state index contributed by atoms with van der Waals surface area (Å²) in [5.74, 6) is -1.87. The maximum Gasteiger partial charge on any atom is 0.146 e. The average Bonchev–Trinajstić information content (AvgIpc) is 2.79. The number of likely N-dealkylation sites (N-methyl/N-ethyl adjacent to an activating group) is 1. The zero-order valence-corrected chi connectivity index (χ0v) is 15.1. The van der Waals surface area contributed by atoms with Crippen LogP contribution in [0.4, 0.5) is 18.9 Å². The molecule has 0 radical (unpaired) electrons. The van der Waals surface area contributed by atoms with Gasteiger partial charge in [-0.25, -0.2) is 13.2 Å². The predicted octanol–water partition coefficient (Wildman–Crippen LogP) is 3.52. The van der Waals surface area contributed by atoms with Crippen LogP contribution in [0, 0.1) is 17.5 Å². The van der Waals surface area contributed by atoms with E-state index in [4.69, 9.17) is 0 Å². The number of nitrogens with one attached hydrogen (secondary N) is 1. The molecule has 2 atom stereocenters. The van der Waals surface area contributed by atoms with Crippen LogP contribution in [0.2, 0.25) is 0 Å². The topological polar surface area (TPSA) is 35.5 Å². The lowest BCUT2D eigenvalue weighted by Crippen LogP contribution is -2.42. The number of halogens is 3. The van der Waals surface area contributed by atoms with Crippen molar-refractivity contribution in [1.82, 2.24) is 5.32 Å². The Morgan fingerprint density at radius 3 is 2.42 bits per heavy atom. The first-order valence-electron chi connectivity index (χ1n) is 8.59. The molecule has 2 aromatic carbocycles. The standard InChI is InChI=1S/C20H23F3N2O/c1-20(2)11-25(19-15(20)5-4-6-16(19)23)18(17(26)10-24-3)12-7-13(21)9-14(22)8-12/h4-9,17-18,24,26H,10-11H2,1-3H3. The van der Waals surface area contributed by atoms with Gasteiger partial charge in [0.05, 0.1) is 17.8 Å². The molecule has 1 heterocycles. The van der Waals surface area contributed by atoms with Crippen molar-refractivity contribution in [3.8, 4) is 0 Å². The molecule has 0 aromatic heterocycles. The predicted molar refractivity (Wildman–Crippen MR) is 95.8 cm³/mol. The molecule has 0 saturated heterocycles. The number of aliphatic hydroxyl groups is 1. The molecular weight excluding hydrogens is 341 g/mol. The van der Waals surface area contributed by atoms with E-state index in [0.717, 1.165) is 11.6 Å². The highest BCUT2D eigenvalue weighted by atomic mass is 19.1. The lowest BCUT2D eigenvalue weighted by molar-refractivity contribution is 0.139. The van der Waals surface area contributed by atoms with E-state index < -0.39 is 29.6 Å². The molecule has 3 nitrogen and oxygen atoms in total. The summed E-state index contributed by atoms with van der Waals surface area (Å²) >= 11 is 0. The Morgan fingerprint density at radius 2 is 1.81 bits per heavy atom. The second-order valence-electron chi connectivity index (χ2n) is 7.42. The molecule has 6 heteroatoms. The van der Waals surface area contributed by atoms with Crippen LogP contribution in [-0.4, -0.2) is 31.3 Å². The maximum absolute atomic E-state index is 14.7. The second kappa shape index (κ2) is 6.93. The third-order valence-corrected chi connectivity index (χ3v) is 4.91. The van der Waals surface area contributed by atoms with Gasteiger partial charge in [0.25, 0.3) is 0 Å². The van der Waals surface area contributed by atoms with Crippen LogP contribution in [-0.2, 0) is 5.41 Å². The van der Waals surface area contributed by atoms with E-state index in [-0.39, 0.29) is 17.5 Å². The Bertz CT molecular complexity index is 789. The van der Waals surface area contributed by atoms with Crippen molar-refractivity contribution >= 4 is 5.69 Å². The molecule has 0 bridgehead atoms. The lowest BCUT2D eigenvalue weighted by atomic mass is 9.87. The van der Waals surface area contributed by atoms with Crippen LogP contribution in [0.1, 0.15) is 31.0 Å². The van der Waals surface area contributed by atoms with Crippen LogP contribution in [0.5, 0.6) is 0 Å². The van der Waals surface area contributed by atoms with Gasteiger partial charge in [0.15, 0.2) is 0 Å². The average molecular weight is 364 g/mol. The van der Waals surface area contributed by atoms with Gasteiger partial charge in [0, 0.05) is 24.6 Å². The number of rotatable bonds is 5. The number of aliphatic hydroxyl groups excluding tert-OH is 1. The van der Waals surface area contributed by atoms with E-state index >= 15 is 0 Å². The zero-order chi connectivity index (χ0) is 19.1. The van der Waals surface area contributed by atoms with Crippen LogP contribution < -0.4 is 10.2 Å². The highest BCUT2D eigenvalue weighted by molar-refractivity contribution is 5.64. The van der Waals surface area contributed by atoms with Crippen molar-refractivity contribution in [3.63, 3.8) is 0 Å². The van der Waals surface area contributed by atoms with Crippen molar-refractivity contribution in [2.75, 3.05) is 25.0 Å². The van der Waals surface area contributed by atoms with E-state index in [2.05, 4.69) is 5.32 Å².